The van der Waals surface area contributed by atoms with Gasteiger partial charge in [0, 0.05) is 16.2 Å². The molecule has 2 aromatic rings. The zero-order chi connectivity index (χ0) is 16.7. The van der Waals surface area contributed by atoms with Gasteiger partial charge in [-0.15, -0.1) is 0 Å². The number of halogens is 1. The Bertz CT molecular complexity index is 693. The minimum atomic E-state index is -0.155. The van der Waals surface area contributed by atoms with Crippen LogP contribution < -0.4 is 10.1 Å². The van der Waals surface area contributed by atoms with Crippen LogP contribution in [0.5, 0.6) is 5.75 Å². The largest absolute Gasteiger partial charge is 0.494 e. The number of anilines is 1. The van der Waals surface area contributed by atoms with E-state index in [0.717, 1.165) is 33.5 Å². The molecular formula is C19H20BrNO2. The van der Waals surface area contributed by atoms with Crippen molar-refractivity contribution in [2.24, 2.45) is 0 Å². The van der Waals surface area contributed by atoms with Crippen molar-refractivity contribution in [2.45, 2.75) is 20.3 Å². The Hall–Kier alpha value is -2.07. The molecule has 0 aliphatic heterocycles. The molecule has 2 rings (SSSR count). The summed E-state index contributed by atoms with van der Waals surface area (Å²) >= 11 is 3.44. The van der Waals surface area contributed by atoms with Crippen molar-refractivity contribution in [1.29, 1.82) is 0 Å². The number of amides is 1. The molecule has 0 aromatic heterocycles. The standard InChI is InChI=1S/C19H20BrNO2/c1-3-12-23-17-8-4-15(5-9-17)6-11-19(22)21-16-7-10-18(20)14(2)13-16/h4-11,13H,3,12H2,1-2H3,(H,21,22)/b11-6+. The predicted molar refractivity (Wildman–Crippen MR) is 98.8 cm³/mol. The summed E-state index contributed by atoms with van der Waals surface area (Å²) in [5.41, 5.74) is 2.81. The highest BCUT2D eigenvalue weighted by molar-refractivity contribution is 9.10. The Labute approximate surface area is 145 Å². The van der Waals surface area contributed by atoms with Gasteiger partial charge in [0.2, 0.25) is 5.91 Å². The zero-order valence-corrected chi connectivity index (χ0v) is 14.9. The highest BCUT2D eigenvalue weighted by Crippen LogP contribution is 2.20. The van der Waals surface area contributed by atoms with E-state index in [9.17, 15) is 4.79 Å². The molecule has 0 heterocycles. The summed E-state index contributed by atoms with van der Waals surface area (Å²) < 4.78 is 6.55. The van der Waals surface area contributed by atoms with E-state index >= 15 is 0 Å². The molecule has 2 aromatic carbocycles. The number of carbonyl (C=O) groups is 1. The minimum Gasteiger partial charge on any atom is -0.494 e. The highest BCUT2D eigenvalue weighted by atomic mass is 79.9. The molecule has 3 nitrogen and oxygen atoms in total. The molecule has 0 unspecified atom stereocenters. The molecule has 1 amide bonds. The molecule has 0 radical (unpaired) electrons. The fourth-order valence-corrected chi connectivity index (χ4v) is 2.22. The molecular weight excluding hydrogens is 354 g/mol. The van der Waals surface area contributed by atoms with Gasteiger partial charge in [-0.25, -0.2) is 0 Å². The van der Waals surface area contributed by atoms with E-state index in [1.54, 1.807) is 6.08 Å². The van der Waals surface area contributed by atoms with Crippen molar-refractivity contribution < 1.29 is 9.53 Å². The van der Waals surface area contributed by atoms with Gasteiger partial charge in [0.25, 0.3) is 0 Å². The van der Waals surface area contributed by atoms with E-state index in [1.165, 1.54) is 6.08 Å². The van der Waals surface area contributed by atoms with Crippen LogP contribution >= 0.6 is 15.9 Å². The summed E-state index contributed by atoms with van der Waals surface area (Å²) in [6.45, 7) is 4.77. The maximum absolute atomic E-state index is 12.0. The van der Waals surface area contributed by atoms with Crippen LogP contribution in [0.4, 0.5) is 5.69 Å². The number of hydrogen-bond acceptors (Lipinski definition) is 2. The van der Waals surface area contributed by atoms with Crippen molar-refractivity contribution in [3.8, 4) is 5.75 Å². The van der Waals surface area contributed by atoms with E-state index < -0.39 is 0 Å². The summed E-state index contributed by atoms with van der Waals surface area (Å²) in [7, 11) is 0. The SMILES string of the molecule is CCCOc1ccc(/C=C/C(=O)Nc2ccc(Br)c(C)c2)cc1. The monoisotopic (exact) mass is 373 g/mol. The molecule has 0 atom stereocenters. The van der Waals surface area contributed by atoms with Gasteiger partial charge in [-0.2, -0.15) is 0 Å². The van der Waals surface area contributed by atoms with Crippen LogP contribution in [0.2, 0.25) is 0 Å². The van der Waals surface area contributed by atoms with Crippen LogP contribution in [0.25, 0.3) is 6.08 Å². The van der Waals surface area contributed by atoms with Crippen LogP contribution in [-0.4, -0.2) is 12.5 Å². The molecule has 120 valence electrons. The first kappa shape index (κ1) is 17.3. The van der Waals surface area contributed by atoms with E-state index in [1.807, 2.05) is 49.4 Å². The lowest BCUT2D eigenvalue weighted by atomic mass is 10.2. The van der Waals surface area contributed by atoms with Crippen molar-refractivity contribution in [3.63, 3.8) is 0 Å². The number of nitrogens with one attached hydrogen (secondary N) is 1. The van der Waals surface area contributed by atoms with Crippen LogP contribution in [0, 0.1) is 6.92 Å². The number of rotatable bonds is 6. The van der Waals surface area contributed by atoms with Crippen molar-refractivity contribution in [3.05, 3.63) is 64.1 Å². The molecule has 0 saturated heterocycles. The van der Waals surface area contributed by atoms with Gasteiger partial charge in [-0.1, -0.05) is 35.0 Å². The van der Waals surface area contributed by atoms with Gasteiger partial charge in [0.15, 0.2) is 0 Å². The third-order valence-electron chi connectivity index (χ3n) is 3.21. The summed E-state index contributed by atoms with van der Waals surface area (Å²) in [6.07, 6.45) is 4.29. The topological polar surface area (TPSA) is 38.3 Å². The van der Waals surface area contributed by atoms with Gasteiger partial charge in [0.05, 0.1) is 6.61 Å². The lowest BCUT2D eigenvalue weighted by Gasteiger charge is -2.05. The van der Waals surface area contributed by atoms with E-state index in [0.29, 0.717) is 6.61 Å². The zero-order valence-electron chi connectivity index (χ0n) is 13.3. The summed E-state index contributed by atoms with van der Waals surface area (Å²) in [5, 5.41) is 2.85. The second-order valence-corrected chi connectivity index (χ2v) is 6.06. The van der Waals surface area contributed by atoms with Crippen molar-refractivity contribution in [2.75, 3.05) is 11.9 Å². The minimum absolute atomic E-state index is 0.155. The average Bonchev–Trinajstić information content (AvgIpc) is 2.55. The number of carbonyl (C=O) groups excluding carboxylic acids is 1. The Morgan fingerprint density at radius 1 is 1.22 bits per heavy atom. The van der Waals surface area contributed by atoms with Gasteiger partial charge in [-0.3, -0.25) is 4.79 Å². The average molecular weight is 374 g/mol. The van der Waals surface area contributed by atoms with Crippen molar-refractivity contribution >= 4 is 33.6 Å². The second-order valence-electron chi connectivity index (χ2n) is 5.20. The third kappa shape index (κ3) is 5.57. The van der Waals surface area contributed by atoms with Crippen molar-refractivity contribution in [1.82, 2.24) is 0 Å². The summed E-state index contributed by atoms with van der Waals surface area (Å²) in [4.78, 5) is 12.0. The molecule has 23 heavy (non-hydrogen) atoms. The molecule has 0 aliphatic carbocycles. The molecule has 0 spiro atoms. The van der Waals surface area contributed by atoms with Crippen LogP contribution in [0.3, 0.4) is 0 Å². The summed E-state index contributed by atoms with van der Waals surface area (Å²) in [5.74, 6) is 0.692. The molecule has 4 heteroatoms. The molecule has 1 N–H and O–H groups in total. The van der Waals surface area contributed by atoms with Gasteiger partial charge in [-0.05, 0) is 60.9 Å². The molecule has 0 fully saturated rings. The fraction of sp³-hybridized carbons (Fsp3) is 0.211. The quantitative estimate of drug-likeness (QED) is 0.706. The smallest absolute Gasteiger partial charge is 0.248 e. The Morgan fingerprint density at radius 2 is 1.96 bits per heavy atom. The van der Waals surface area contributed by atoms with Gasteiger partial charge in [0.1, 0.15) is 5.75 Å². The number of aryl methyl sites for hydroxylation is 1. The lowest BCUT2D eigenvalue weighted by Crippen LogP contribution is -2.07. The van der Waals surface area contributed by atoms with E-state index in [4.69, 9.17) is 4.74 Å². The molecule has 0 saturated carbocycles. The normalized spacial score (nSPS) is 10.7. The number of ether oxygens (including phenoxy) is 1. The first-order chi connectivity index (χ1) is 11.1. The predicted octanol–water partition coefficient (Wildman–Crippen LogP) is 5.20. The van der Waals surface area contributed by atoms with Crippen LogP contribution in [-0.2, 0) is 4.79 Å². The fourth-order valence-electron chi connectivity index (χ4n) is 1.97. The highest BCUT2D eigenvalue weighted by Gasteiger charge is 2.00. The maximum Gasteiger partial charge on any atom is 0.248 e. The Kier molecular flexibility index (Phi) is 6.41. The van der Waals surface area contributed by atoms with Gasteiger partial charge < -0.3 is 10.1 Å². The van der Waals surface area contributed by atoms with E-state index in [-0.39, 0.29) is 5.91 Å². The maximum atomic E-state index is 12.0. The Balaban J connectivity index is 1.93. The molecule has 0 aliphatic rings. The summed E-state index contributed by atoms with van der Waals surface area (Å²) in [6, 6.07) is 13.4. The van der Waals surface area contributed by atoms with Gasteiger partial charge >= 0.3 is 0 Å². The number of hydrogen-bond donors (Lipinski definition) is 1. The first-order valence-corrected chi connectivity index (χ1v) is 8.36. The third-order valence-corrected chi connectivity index (χ3v) is 4.10. The van der Waals surface area contributed by atoms with Crippen LogP contribution in [0.15, 0.2) is 53.0 Å². The second kappa shape index (κ2) is 8.53. The first-order valence-electron chi connectivity index (χ1n) is 7.56. The van der Waals surface area contributed by atoms with E-state index in [2.05, 4.69) is 28.2 Å². The lowest BCUT2D eigenvalue weighted by molar-refractivity contribution is -0.111. The number of benzene rings is 2. The molecule has 0 bridgehead atoms. The Morgan fingerprint density at radius 3 is 2.61 bits per heavy atom. The van der Waals surface area contributed by atoms with Crippen LogP contribution in [0.1, 0.15) is 24.5 Å².